The molecule has 1 unspecified atom stereocenters. The molecule has 1 amide bonds. The summed E-state index contributed by atoms with van der Waals surface area (Å²) in [5.74, 6) is 2.39. The number of hydrogen-bond donors (Lipinski definition) is 2. The van der Waals surface area contributed by atoms with Gasteiger partial charge in [0, 0.05) is 48.9 Å². The smallest absolute Gasteiger partial charge is 0.383 e. The van der Waals surface area contributed by atoms with E-state index in [1.807, 2.05) is 37.5 Å². The zero-order valence-corrected chi connectivity index (χ0v) is 25.1. The number of aromatic nitrogens is 4. The number of fused-ring (bicyclic) bond motifs is 3. The minimum absolute atomic E-state index is 0.190. The lowest BCUT2D eigenvalue weighted by molar-refractivity contribution is -0.149. The third-order valence-electron chi connectivity index (χ3n) is 8.29. The van der Waals surface area contributed by atoms with Crippen LogP contribution in [0.1, 0.15) is 52.5 Å². The molecule has 2 fully saturated rings. The lowest BCUT2D eigenvalue weighted by Crippen LogP contribution is -2.58. The van der Waals surface area contributed by atoms with Crippen molar-refractivity contribution in [3.8, 4) is 0 Å². The molecular weight excluding hydrogens is 585 g/mol. The molecule has 1 saturated carbocycles. The number of carbonyl (C=O) groups is 1. The summed E-state index contributed by atoms with van der Waals surface area (Å²) in [7, 11) is 0. The van der Waals surface area contributed by atoms with Crippen molar-refractivity contribution in [2.75, 3.05) is 35.2 Å². The molecule has 3 aromatic heterocycles. The molecule has 1 aromatic carbocycles. The predicted molar refractivity (Wildman–Crippen MR) is 165 cm³/mol. The van der Waals surface area contributed by atoms with E-state index in [2.05, 4.69) is 25.3 Å². The molecular formula is C32H35F3N8O2. The Morgan fingerprint density at radius 2 is 1.84 bits per heavy atom. The highest BCUT2D eigenvalue weighted by Gasteiger charge is 2.45. The molecule has 45 heavy (non-hydrogen) atoms. The average Bonchev–Trinajstić information content (AvgIpc) is 3.75. The van der Waals surface area contributed by atoms with Gasteiger partial charge in [0.05, 0.1) is 36.7 Å². The number of pyridine rings is 2. The number of rotatable bonds is 6. The highest BCUT2D eigenvalue weighted by Crippen LogP contribution is 2.37. The summed E-state index contributed by atoms with van der Waals surface area (Å²) in [6.45, 7) is 5.31. The molecule has 1 aliphatic carbocycles. The van der Waals surface area contributed by atoms with E-state index >= 15 is 0 Å². The van der Waals surface area contributed by atoms with Crippen LogP contribution in [0.4, 0.5) is 30.5 Å². The lowest BCUT2D eigenvalue weighted by Gasteiger charge is -2.38. The average molecular weight is 621 g/mol. The first kappa shape index (κ1) is 30.7. The van der Waals surface area contributed by atoms with Crippen molar-refractivity contribution in [2.24, 2.45) is 0 Å². The van der Waals surface area contributed by atoms with Gasteiger partial charge >= 0.3 is 6.18 Å². The van der Waals surface area contributed by atoms with Gasteiger partial charge in [-0.1, -0.05) is 12.1 Å². The van der Waals surface area contributed by atoms with Crippen molar-refractivity contribution in [1.29, 1.82) is 0 Å². The third-order valence-corrected chi connectivity index (χ3v) is 8.29. The van der Waals surface area contributed by atoms with Crippen LogP contribution in [0.25, 0.3) is 10.9 Å². The molecule has 5 heterocycles. The number of nitrogens with one attached hydrogen (secondary N) is 1. The highest BCUT2D eigenvalue weighted by molar-refractivity contribution is 5.87. The molecule has 1 saturated heterocycles. The number of halogens is 3. The van der Waals surface area contributed by atoms with Crippen molar-refractivity contribution in [1.82, 2.24) is 25.3 Å². The molecule has 13 heteroatoms. The first-order valence-electron chi connectivity index (χ1n) is 14.9. The van der Waals surface area contributed by atoms with E-state index in [1.165, 1.54) is 28.7 Å². The summed E-state index contributed by atoms with van der Waals surface area (Å²) in [6, 6.07) is 7.27. The van der Waals surface area contributed by atoms with E-state index < -0.39 is 12.2 Å². The summed E-state index contributed by atoms with van der Waals surface area (Å²) in [4.78, 5) is 32.1. The van der Waals surface area contributed by atoms with Crippen LogP contribution in [0.15, 0.2) is 42.7 Å². The van der Waals surface area contributed by atoms with Crippen LogP contribution in [0.5, 0.6) is 0 Å². The quantitative estimate of drug-likeness (QED) is 0.295. The van der Waals surface area contributed by atoms with Crippen LogP contribution in [0.2, 0.25) is 0 Å². The fraction of sp³-hybridized carbons (Fsp3) is 0.406. The standard InChI is InChI=1S/C24H25F3N6O2.C8H10N2/c1-14-20(4-5-22(30-14)33-7-6-29-9-21(33)24(25,26)27)32(13-34)10-15-2-3-16-17-11-35-12-18(17)23(28)31-19(16)8-15;1-6-4-9-8(10-5-6)7-2-3-7/h2-5,8,13,21,29H,6-7,9-12H2,1H3,(H2,28,31);4-5,7H,2-3H2,1H3. The van der Waals surface area contributed by atoms with Crippen LogP contribution in [-0.2, 0) is 29.3 Å². The zero-order chi connectivity index (χ0) is 31.7. The van der Waals surface area contributed by atoms with E-state index in [1.54, 1.807) is 13.0 Å². The Bertz CT molecular complexity index is 1700. The minimum atomic E-state index is -4.38. The first-order chi connectivity index (χ1) is 21.6. The van der Waals surface area contributed by atoms with Crippen molar-refractivity contribution in [3.05, 3.63) is 76.5 Å². The maximum Gasteiger partial charge on any atom is 0.410 e. The van der Waals surface area contributed by atoms with Crippen molar-refractivity contribution >= 4 is 34.6 Å². The number of anilines is 3. The molecule has 0 spiro atoms. The van der Waals surface area contributed by atoms with Gasteiger partial charge in [0.25, 0.3) is 0 Å². The second kappa shape index (κ2) is 12.6. The number of aryl methyl sites for hydroxylation is 2. The SMILES string of the molecule is Cc1cnc(C2CC2)nc1.Cc1nc(N2CCNCC2C(F)(F)F)ccc1N(C=O)Cc1ccc2c3c(c(N)nc2c1)COC3. The molecule has 7 rings (SSSR count). The van der Waals surface area contributed by atoms with E-state index in [9.17, 15) is 18.0 Å². The number of hydrogen-bond acceptors (Lipinski definition) is 9. The van der Waals surface area contributed by atoms with Gasteiger partial charge in [0.15, 0.2) is 0 Å². The van der Waals surface area contributed by atoms with Gasteiger partial charge in [-0.3, -0.25) is 4.79 Å². The number of ether oxygens (including phenoxy) is 1. The van der Waals surface area contributed by atoms with Gasteiger partial charge in [0.1, 0.15) is 23.5 Å². The van der Waals surface area contributed by atoms with E-state index in [4.69, 9.17) is 10.5 Å². The maximum atomic E-state index is 13.5. The molecule has 0 bridgehead atoms. The summed E-state index contributed by atoms with van der Waals surface area (Å²) in [5.41, 5.74) is 11.7. The molecule has 3 aliphatic rings. The largest absolute Gasteiger partial charge is 0.410 e. The van der Waals surface area contributed by atoms with E-state index in [0.29, 0.717) is 49.3 Å². The predicted octanol–water partition coefficient (Wildman–Crippen LogP) is 4.72. The molecule has 236 valence electrons. The molecule has 0 radical (unpaired) electrons. The van der Waals surface area contributed by atoms with Crippen molar-refractivity contribution in [3.63, 3.8) is 0 Å². The third kappa shape index (κ3) is 6.69. The van der Waals surface area contributed by atoms with Crippen molar-refractivity contribution in [2.45, 2.75) is 64.6 Å². The Morgan fingerprint density at radius 1 is 1.09 bits per heavy atom. The number of nitrogens with two attached hydrogens (primary N) is 1. The Morgan fingerprint density at radius 3 is 2.53 bits per heavy atom. The number of alkyl halides is 3. The first-order valence-corrected chi connectivity index (χ1v) is 14.9. The van der Waals surface area contributed by atoms with Crippen LogP contribution in [0.3, 0.4) is 0 Å². The van der Waals surface area contributed by atoms with Crippen LogP contribution in [-0.4, -0.2) is 58.2 Å². The lowest BCUT2D eigenvalue weighted by atomic mass is 10.0. The molecule has 2 aliphatic heterocycles. The molecule has 3 N–H and O–H groups in total. The maximum absolute atomic E-state index is 13.5. The summed E-state index contributed by atoms with van der Waals surface area (Å²) in [6.07, 6.45) is 2.65. The second-order valence-electron chi connectivity index (χ2n) is 11.7. The van der Waals surface area contributed by atoms with Gasteiger partial charge in [-0.05, 0) is 61.6 Å². The van der Waals surface area contributed by atoms with Crippen LogP contribution in [0, 0.1) is 13.8 Å². The summed E-state index contributed by atoms with van der Waals surface area (Å²) < 4.78 is 46.0. The van der Waals surface area contributed by atoms with Gasteiger partial charge in [-0.15, -0.1) is 0 Å². The fourth-order valence-electron chi connectivity index (χ4n) is 5.72. The number of amides is 1. The number of benzene rings is 1. The Balaban J connectivity index is 0.000000301. The number of carbonyl (C=O) groups excluding carboxylic acids is 1. The van der Waals surface area contributed by atoms with E-state index in [-0.39, 0.29) is 25.5 Å². The number of nitrogens with zero attached hydrogens (tertiary/aromatic N) is 6. The fourth-order valence-corrected chi connectivity index (χ4v) is 5.72. The van der Waals surface area contributed by atoms with Gasteiger partial charge < -0.3 is 25.6 Å². The minimum Gasteiger partial charge on any atom is -0.383 e. The van der Waals surface area contributed by atoms with Crippen molar-refractivity contribution < 1.29 is 22.7 Å². The highest BCUT2D eigenvalue weighted by atomic mass is 19.4. The second-order valence-corrected chi connectivity index (χ2v) is 11.7. The molecule has 1 atom stereocenters. The zero-order valence-electron chi connectivity index (χ0n) is 25.1. The van der Waals surface area contributed by atoms with Gasteiger partial charge in [-0.2, -0.15) is 13.2 Å². The number of piperazine rings is 1. The molecule has 10 nitrogen and oxygen atoms in total. The van der Waals surface area contributed by atoms with Crippen LogP contribution < -0.4 is 20.9 Å². The normalized spacial score (nSPS) is 17.9. The number of nitrogen functional groups attached to an aromatic ring is 1. The van der Waals surface area contributed by atoms with Gasteiger partial charge in [0.2, 0.25) is 6.41 Å². The summed E-state index contributed by atoms with van der Waals surface area (Å²) >= 11 is 0. The molecule has 4 aromatic rings. The van der Waals surface area contributed by atoms with Crippen LogP contribution >= 0.6 is 0 Å². The summed E-state index contributed by atoms with van der Waals surface area (Å²) in [5, 5.41) is 3.75. The monoisotopic (exact) mass is 620 g/mol. The van der Waals surface area contributed by atoms with Gasteiger partial charge in [-0.25, -0.2) is 19.9 Å². The topological polar surface area (TPSA) is 122 Å². The van der Waals surface area contributed by atoms with E-state index in [0.717, 1.165) is 39.0 Å². The Hall–Kier alpha value is -4.36. The Labute approximate surface area is 258 Å². The Kier molecular flexibility index (Phi) is 8.56.